The third-order valence-electron chi connectivity index (χ3n) is 6.33. The predicted molar refractivity (Wildman–Crippen MR) is 150 cm³/mol. The van der Waals surface area contributed by atoms with Crippen LogP contribution in [0.1, 0.15) is 31.8 Å². The first-order valence-electron chi connectivity index (χ1n) is 11.5. The van der Waals surface area contributed by atoms with Crippen molar-refractivity contribution in [2.45, 2.75) is 6.42 Å². The molecule has 0 aliphatic heterocycles. The van der Waals surface area contributed by atoms with E-state index in [-0.39, 0.29) is 11.8 Å². The number of halogens is 2. The number of hydrogen-bond acceptors (Lipinski definition) is 4. The van der Waals surface area contributed by atoms with E-state index >= 15 is 0 Å². The lowest BCUT2D eigenvalue weighted by atomic mass is 9.95. The Bertz CT molecular complexity index is 1700. The Hall–Kier alpha value is -3.88. The number of rotatable bonds is 4. The van der Waals surface area contributed by atoms with Crippen LogP contribution in [0.25, 0.3) is 22.1 Å². The third kappa shape index (κ3) is 4.32. The summed E-state index contributed by atoms with van der Waals surface area (Å²) < 4.78 is 4.93. The predicted octanol–water partition coefficient (Wildman–Crippen LogP) is 6.88. The van der Waals surface area contributed by atoms with Gasteiger partial charge >= 0.3 is 0 Å². The first-order chi connectivity index (χ1) is 18.0. The van der Waals surface area contributed by atoms with Gasteiger partial charge in [0.05, 0.1) is 22.1 Å². The quantitative estimate of drug-likeness (QED) is 0.217. The fraction of sp³-hybridized carbons (Fsp3) is 0.0345. The van der Waals surface area contributed by atoms with Gasteiger partial charge in [0.1, 0.15) is 12.7 Å². The van der Waals surface area contributed by atoms with Crippen molar-refractivity contribution in [1.29, 1.82) is 0 Å². The number of aromatic nitrogens is 4. The van der Waals surface area contributed by atoms with Gasteiger partial charge in [0.2, 0.25) is 0 Å². The molecule has 4 aromatic carbocycles. The Kier molecular flexibility index (Phi) is 6.06. The minimum Gasteiger partial charge on any atom is -0.268 e. The van der Waals surface area contributed by atoms with Gasteiger partial charge in [-0.05, 0) is 66.1 Å². The molecule has 0 atom stereocenters. The van der Waals surface area contributed by atoms with Crippen LogP contribution in [0.15, 0.2) is 107 Å². The lowest BCUT2D eigenvalue weighted by Crippen LogP contribution is -2.16. The van der Waals surface area contributed by atoms with Crippen molar-refractivity contribution < 1.29 is 9.59 Å². The van der Waals surface area contributed by atoms with Crippen molar-refractivity contribution in [1.82, 2.24) is 19.1 Å². The maximum Gasteiger partial charge on any atom is 0.263 e. The molecule has 2 aromatic heterocycles. The minimum absolute atomic E-state index is 0.171. The average molecular weight is 614 g/mol. The van der Waals surface area contributed by atoms with Crippen LogP contribution < -0.4 is 0 Å². The van der Waals surface area contributed by atoms with Gasteiger partial charge in [-0.15, -0.1) is 0 Å². The molecular weight excluding hydrogens is 596 g/mol. The molecule has 0 fully saturated rings. The van der Waals surface area contributed by atoms with Crippen molar-refractivity contribution in [3.8, 4) is 0 Å². The zero-order chi connectivity index (χ0) is 25.5. The molecule has 6 aromatic rings. The number of carbonyl (C=O) groups excluding carboxylic acids is 2. The maximum atomic E-state index is 13.6. The van der Waals surface area contributed by atoms with E-state index in [2.05, 4.69) is 41.8 Å². The molecule has 0 spiro atoms. The largest absolute Gasteiger partial charge is 0.268 e. The number of carbonyl (C=O) groups is 2. The lowest BCUT2D eigenvalue weighted by molar-refractivity contribution is 0.0956. The second-order valence-corrected chi connectivity index (χ2v) is 10.4. The van der Waals surface area contributed by atoms with E-state index in [1.54, 1.807) is 21.8 Å². The Morgan fingerprint density at radius 1 is 0.622 bits per heavy atom. The molecule has 6 nitrogen and oxygen atoms in total. The molecule has 180 valence electrons. The molecule has 8 heteroatoms. The van der Waals surface area contributed by atoms with E-state index < -0.39 is 0 Å². The van der Waals surface area contributed by atoms with Gasteiger partial charge in [0.15, 0.2) is 0 Å². The molecular formula is C29H18Br2N4O2. The van der Waals surface area contributed by atoms with Gasteiger partial charge in [-0.25, -0.2) is 9.97 Å². The first kappa shape index (κ1) is 23.5. The Labute approximate surface area is 228 Å². The van der Waals surface area contributed by atoms with E-state index in [0.29, 0.717) is 17.5 Å². The lowest BCUT2D eigenvalue weighted by Gasteiger charge is -2.13. The van der Waals surface area contributed by atoms with Crippen LogP contribution in [0.5, 0.6) is 0 Å². The van der Waals surface area contributed by atoms with E-state index in [1.807, 2.05) is 84.9 Å². The van der Waals surface area contributed by atoms with Gasteiger partial charge in [-0.3, -0.25) is 18.7 Å². The summed E-state index contributed by atoms with van der Waals surface area (Å²) in [4.78, 5) is 36.0. The van der Waals surface area contributed by atoms with Gasteiger partial charge in [-0.1, -0.05) is 68.3 Å². The highest BCUT2D eigenvalue weighted by Gasteiger charge is 2.20. The Morgan fingerprint density at radius 3 is 1.51 bits per heavy atom. The van der Waals surface area contributed by atoms with Gasteiger partial charge in [-0.2, -0.15) is 0 Å². The van der Waals surface area contributed by atoms with Gasteiger partial charge in [0.25, 0.3) is 11.8 Å². The number of imidazole rings is 2. The zero-order valence-electron chi connectivity index (χ0n) is 19.3. The number of benzene rings is 4. The van der Waals surface area contributed by atoms with Crippen molar-refractivity contribution in [2.24, 2.45) is 0 Å². The van der Waals surface area contributed by atoms with Crippen molar-refractivity contribution in [2.75, 3.05) is 0 Å². The van der Waals surface area contributed by atoms with Crippen LogP contribution in [0.4, 0.5) is 0 Å². The Balaban J connectivity index is 1.37. The van der Waals surface area contributed by atoms with Crippen LogP contribution in [0.2, 0.25) is 0 Å². The second-order valence-electron chi connectivity index (χ2n) is 8.60. The number of fused-ring (bicyclic) bond motifs is 2. The van der Waals surface area contributed by atoms with Gasteiger partial charge in [0, 0.05) is 20.1 Å². The van der Waals surface area contributed by atoms with E-state index in [1.165, 1.54) is 0 Å². The normalized spacial score (nSPS) is 11.3. The fourth-order valence-electron chi connectivity index (χ4n) is 4.53. The molecule has 37 heavy (non-hydrogen) atoms. The fourth-order valence-corrected chi connectivity index (χ4v) is 5.22. The number of nitrogens with zero attached hydrogens (tertiary/aromatic N) is 4. The summed E-state index contributed by atoms with van der Waals surface area (Å²) in [6.45, 7) is 0. The summed E-state index contributed by atoms with van der Waals surface area (Å²) in [6.07, 6.45) is 3.52. The summed E-state index contributed by atoms with van der Waals surface area (Å²) in [5.41, 5.74) is 5.70. The van der Waals surface area contributed by atoms with Crippen molar-refractivity contribution in [3.63, 3.8) is 0 Å². The molecule has 0 saturated heterocycles. The summed E-state index contributed by atoms with van der Waals surface area (Å²) in [6, 6.07) is 26.3. The molecule has 6 rings (SSSR count). The SMILES string of the molecule is O=C(c1ccccc1Cc1ccccc1C(=O)n1cnc2cc(Br)ccc21)n1cnc2cc(Br)ccc21. The summed E-state index contributed by atoms with van der Waals surface area (Å²) in [5.74, 6) is -0.342. The number of hydrogen-bond donors (Lipinski definition) is 0. The molecule has 0 radical (unpaired) electrons. The standard InChI is InChI=1S/C29H18Br2N4O2/c30-20-9-11-26-24(14-20)32-16-34(26)28(36)22-7-3-1-5-18(22)13-19-6-2-4-8-23(19)29(37)35-17-33-25-15-21(31)10-12-27(25)35/h1-12,14-17H,13H2. The van der Waals surface area contributed by atoms with Crippen molar-refractivity contribution >= 4 is 65.7 Å². The zero-order valence-corrected chi connectivity index (χ0v) is 22.5. The summed E-state index contributed by atoms with van der Waals surface area (Å²) >= 11 is 6.90. The minimum atomic E-state index is -0.171. The van der Waals surface area contributed by atoms with E-state index in [9.17, 15) is 9.59 Å². The molecule has 0 aliphatic carbocycles. The van der Waals surface area contributed by atoms with E-state index in [4.69, 9.17) is 0 Å². The monoisotopic (exact) mass is 612 g/mol. The van der Waals surface area contributed by atoms with Crippen molar-refractivity contribution in [3.05, 3.63) is 129 Å². The molecule has 0 saturated carbocycles. The van der Waals surface area contributed by atoms with Crippen LogP contribution in [-0.4, -0.2) is 30.9 Å². The summed E-state index contributed by atoms with van der Waals surface area (Å²) in [7, 11) is 0. The van der Waals surface area contributed by atoms with Crippen LogP contribution in [0.3, 0.4) is 0 Å². The summed E-state index contributed by atoms with van der Waals surface area (Å²) in [5, 5.41) is 0. The van der Waals surface area contributed by atoms with Crippen LogP contribution in [-0.2, 0) is 6.42 Å². The van der Waals surface area contributed by atoms with Crippen LogP contribution in [0, 0.1) is 0 Å². The highest BCUT2D eigenvalue weighted by Crippen LogP contribution is 2.24. The average Bonchev–Trinajstić information content (AvgIpc) is 3.52. The first-order valence-corrected chi connectivity index (χ1v) is 13.1. The van der Waals surface area contributed by atoms with Crippen LogP contribution >= 0.6 is 31.9 Å². The molecule has 0 unspecified atom stereocenters. The molecule has 0 amide bonds. The van der Waals surface area contributed by atoms with E-state index in [0.717, 1.165) is 42.1 Å². The highest BCUT2D eigenvalue weighted by atomic mass is 79.9. The molecule has 0 N–H and O–H groups in total. The topological polar surface area (TPSA) is 69.8 Å². The highest BCUT2D eigenvalue weighted by molar-refractivity contribution is 9.10. The Morgan fingerprint density at radius 2 is 1.05 bits per heavy atom. The molecule has 2 heterocycles. The van der Waals surface area contributed by atoms with Gasteiger partial charge < -0.3 is 0 Å². The smallest absolute Gasteiger partial charge is 0.263 e. The maximum absolute atomic E-state index is 13.6. The molecule has 0 aliphatic rings. The molecule has 0 bridgehead atoms. The second kappa shape index (κ2) is 9.53. The third-order valence-corrected chi connectivity index (χ3v) is 7.32.